The van der Waals surface area contributed by atoms with E-state index in [1.54, 1.807) is 0 Å². The van der Waals surface area contributed by atoms with Gasteiger partial charge in [0.1, 0.15) is 0 Å². The van der Waals surface area contributed by atoms with Crippen molar-refractivity contribution in [3.63, 3.8) is 0 Å². The number of benzene rings is 2. The number of hydrogen-bond donors (Lipinski definition) is 0. The van der Waals surface area contributed by atoms with Crippen LogP contribution in [0.3, 0.4) is 0 Å². The molecule has 0 radical (unpaired) electrons. The zero-order chi connectivity index (χ0) is 18.6. The molecular weight excluding hydrogens is 344 g/mol. The standard InChI is InChI=1S/C21H22N2O4/c1-2-21(24)23(12-15-6-4-3-5-7-15)13-17-11-18(22-27-17)16-8-9-19-20(10-16)26-14-25-19/h3-10,17H,2,11-14H2,1H3. The Balaban J connectivity index is 1.41. The second kappa shape index (κ2) is 7.70. The fourth-order valence-corrected chi connectivity index (χ4v) is 3.30. The van der Waals surface area contributed by atoms with E-state index in [0.717, 1.165) is 28.3 Å². The number of hydrogen-bond acceptors (Lipinski definition) is 5. The summed E-state index contributed by atoms with van der Waals surface area (Å²) in [5, 5.41) is 4.24. The van der Waals surface area contributed by atoms with Gasteiger partial charge >= 0.3 is 0 Å². The Morgan fingerprint density at radius 3 is 2.78 bits per heavy atom. The number of rotatable bonds is 6. The van der Waals surface area contributed by atoms with Gasteiger partial charge in [-0.15, -0.1) is 0 Å². The topological polar surface area (TPSA) is 60.4 Å². The van der Waals surface area contributed by atoms with E-state index in [4.69, 9.17) is 14.3 Å². The van der Waals surface area contributed by atoms with Gasteiger partial charge in [-0.2, -0.15) is 0 Å². The molecule has 0 bridgehead atoms. The predicted octanol–water partition coefficient (Wildman–Crippen LogP) is 3.35. The molecule has 2 aromatic rings. The lowest BCUT2D eigenvalue weighted by molar-refractivity contribution is -0.133. The van der Waals surface area contributed by atoms with Gasteiger partial charge in [-0.25, -0.2) is 0 Å². The summed E-state index contributed by atoms with van der Waals surface area (Å²) in [6.07, 6.45) is 0.974. The SMILES string of the molecule is CCC(=O)N(Cc1ccccc1)CC1CC(c2ccc3c(c2)OCO3)=NO1. The summed E-state index contributed by atoms with van der Waals surface area (Å²) in [6, 6.07) is 15.8. The van der Waals surface area contributed by atoms with Crippen molar-refractivity contribution in [1.29, 1.82) is 0 Å². The van der Waals surface area contributed by atoms with Crippen LogP contribution in [0.25, 0.3) is 0 Å². The van der Waals surface area contributed by atoms with Gasteiger partial charge in [0.15, 0.2) is 17.6 Å². The van der Waals surface area contributed by atoms with Gasteiger partial charge in [0, 0.05) is 24.9 Å². The Labute approximate surface area is 158 Å². The van der Waals surface area contributed by atoms with Crippen molar-refractivity contribution in [2.45, 2.75) is 32.4 Å². The number of oxime groups is 1. The number of fused-ring (bicyclic) bond motifs is 1. The van der Waals surface area contributed by atoms with Crippen LogP contribution in [-0.4, -0.2) is 36.0 Å². The molecule has 4 rings (SSSR count). The monoisotopic (exact) mass is 366 g/mol. The molecule has 2 aliphatic heterocycles. The van der Waals surface area contributed by atoms with Gasteiger partial charge < -0.3 is 19.2 Å². The summed E-state index contributed by atoms with van der Waals surface area (Å²) >= 11 is 0. The van der Waals surface area contributed by atoms with E-state index in [9.17, 15) is 4.79 Å². The summed E-state index contributed by atoms with van der Waals surface area (Å²) in [7, 11) is 0. The summed E-state index contributed by atoms with van der Waals surface area (Å²) in [4.78, 5) is 19.9. The second-order valence-corrected chi connectivity index (χ2v) is 6.65. The molecule has 2 aliphatic rings. The predicted molar refractivity (Wildman–Crippen MR) is 101 cm³/mol. The van der Waals surface area contributed by atoms with Crippen molar-refractivity contribution >= 4 is 11.6 Å². The fraction of sp³-hybridized carbons (Fsp3) is 0.333. The highest BCUT2D eigenvalue weighted by atomic mass is 16.7. The molecule has 1 atom stereocenters. The van der Waals surface area contributed by atoms with Crippen LogP contribution in [0.5, 0.6) is 11.5 Å². The molecule has 2 heterocycles. The highest BCUT2D eigenvalue weighted by molar-refractivity contribution is 6.01. The molecule has 1 amide bonds. The minimum Gasteiger partial charge on any atom is -0.454 e. The Hall–Kier alpha value is -3.02. The first-order valence-corrected chi connectivity index (χ1v) is 9.17. The van der Waals surface area contributed by atoms with Crippen LogP contribution < -0.4 is 9.47 Å². The molecule has 0 saturated carbocycles. The van der Waals surface area contributed by atoms with E-state index < -0.39 is 0 Å². The lowest BCUT2D eigenvalue weighted by Crippen LogP contribution is -2.36. The third-order valence-corrected chi connectivity index (χ3v) is 4.73. The van der Waals surface area contributed by atoms with Gasteiger partial charge in [-0.3, -0.25) is 4.79 Å². The van der Waals surface area contributed by atoms with E-state index in [-0.39, 0.29) is 18.8 Å². The number of amides is 1. The molecule has 6 heteroatoms. The van der Waals surface area contributed by atoms with Gasteiger partial charge in [-0.1, -0.05) is 42.4 Å². The van der Waals surface area contributed by atoms with E-state index in [0.29, 0.717) is 25.9 Å². The van der Waals surface area contributed by atoms with E-state index in [2.05, 4.69) is 5.16 Å². The van der Waals surface area contributed by atoms with Crippen molar-refractivity contribution in [2.75, 3.05) is 13.3 Å². The Kier molecular flexibility index (Phi) is 4.96. The van der Waals surface area contributed by atoms with Crippen LogP contribution in [0.15, 0.2) is 53.7 Å². The normalized spacial score (nSPS) is 17.4. The molecule has 0 fully saturated rings. The van der Waals surface area contributed by atoms with Crippen molar-refractivity contribution < 1.29 is 19.1 Å². The number of ether oxygens (including phenoxy) is 2. The number of nitrogens with zero attached hydrogens (tertiary/aromatic N) is 2. The Morgan fingerprint density at radius 2 is 1.96 bits per heavy atom. The zero-order valence-corrected chi connectivity index (χ0v) is 15.3. The zero-order valence-electron chi connectivity index (χ0n) is 15.3. The van der Waals surface area contributed by atoms with Crippen LogP contribution in [-0.2, 0) is 16.2 Å². The van der Waals surface area contributed by atoms with Gasteiger partial charge in [0.2, 0.25) is 12.7 Å². The quantitative estimate of drug-likeness (QED) is 0.787. The maximum absolute atomic E-state index is 12.4. The fourth-order valence-electron chi connectivity index (χ4n) is 3.30. The minimum absolute atomic E-state index is 0.110. The molecule has 6 nitrogen and oxygen atoms in total. The van der Waals surface area contributed by atoms with Crippen molar-refractivity contribution in [3.8, 4) is 11.5 Å². The Morgan fingerprint density at radius 1 is 1.15 bits per heavy atom. The second-order valence-electron chi connectivity index (χ2n) is 6.65. The molecule has 0 aliphatic carbocycles. The maximum atomic E-state index is 12.4. The molecule has 0 saturated heterocycles. The summed E-state index contributed by atoms with van der Waals surface area (Å²) in [5.74, 6) is 1.59. The lowest BCUT2D eigenvalue weighted by atomic mass is 10.0. The molecule has 0 spiro atoms. The number of carbonyl (C=O) groups is 1. The van der Waals surface area contributed by atoms with E-state index in [1.165, 1.54) is 0 Å². The van der Waals surface area contributed by atoms with Crippen LogP contribution >= 0.6 is 0 Å². The first kappa shape index (κ1) is 17.4. The first-order chi connectivity index (χ1) is 13.2. The van der Waals surface area contributed by atoms with Gasteiger partial charge in [-0.05, 0) is 23.8 Å². The Bertz CT molecular complexity index is 851. The molecule has 27 heavy (non-hydrogen) atoms. The van der Waals surface area contributed by atoms with Crippen LogP contribution in [0.2, 0.25) is 0 Å². The van der Waals surface area contributed by atoms with Crippen LogP contribution in [0.1, 0.15) is 30.9 Å². The van der Waals surface area contributed by atoms with E-state index >= 15 is 0 Å². The average Bonchev–Trinajstić information content (AvgIpc) is 3.36. The lowest BCUT2D eigenvalue weighted by Gasteiger charge is -2.24. The van der Waals surface area contributed by atoms with Crippen molar-refractivity contribution in [1.82, 2.24) is 4.90 Å². The minimum atomic E-state index is -0.148. The average molecular weight is 366 g/mol. The van der Waals surface area contributed by atoms with Crippen molar-refractivity contribution in [2.24, 2.45) is 5.16 Å². The molecule has 2 aromatic carbocycles. The summed E-state index contributed by atoms with van der Waals surface area (Å²) in [6.45, 7) is 3.22. The summed E-state index contributed by atoms with van der Waals surface area (Å²) in [5.41, 5.74) is 2.93. The number of carbonyl (C=O) groups excluding carboxylic acids is 1. The van der Waals surface area contributed by atoms with Gasteiger partial charge in [0.25, 0.3) is 0 Å². The molecule has 0 aromatic heterocycles. The highest BCUT2D eigenvalue weighted by Crippen LogP contribution is 2.33. The third kappa shape index (κ3) is 3.89. The van der Waals surface area contributed by atoms with Crippen LogP contribution in [0, 0.1) is 0 Å². The molecular formula is C21H22N2O4. The van der Waals surface area contributed by atoms with Gasteiger partial charge in [0.05, 0.1) is 12.3 Å². The van der Waals surface area contributed by atoms with Crippen molar-refractivity contribution in [3.05, 3.63) is 59.7 Å². The smallest absolute Gasteiger partial charge is 0.231 e. The molecule has 0 N–H and O–H groups in total. The molecule has 140 valence electrons. The first-order valence-electron chi connectivity index (χ1n) is 9.17. The van der Waals surface area contributed by atoms with Crippen LogP contribution in [0.4, 0.5) is 0 Å². The third-order valence-electron chi connectivity index (χ3n) is 4.73. The molecule has 1 unspecified atom stereocenters. The maximum Gasteiger partial charge on any atom is 0.231 e. The summed E-state index contributed by atoms with van der Waals surface area (Å²) < 4.78 is 10.8. The van der Waals surface area contributed by atoms with E-state index in [1.807, 2.05) is 60.4 Å². The largest absolute Gasteiger partial charge is 0.454 e. The highest BCUT2D eigenvalue weighted by Gasteiger charge is 2.27.